The number of nitrogens with zero attached hydrogens (tertiary/aromatic N) is 1. The molecule has 4 atom stereocenters. The Kier molecular flexibility index (Phi) is 9.12. The zero-order valence-electron chi connectivity index (χ0n) is 20.7. The van der Waals surface area contributed by atoms with Gasteiger partial charge in [-0.2, -0.15) is 0 Å². The summed E-state index contributed by atoms with van der Waals surface area (Å²) in [4.78, 5) is 43.3. The van der Waals surface area contributed by atoms with Gasteiger partial charge in [0.1, 0.15) is 11.6 Å². The number of nitrogens with one attached hydrogen (secondary N) is 2. The number of rotatable bonds is 13. The monoisotopic (exact) mass is 480 g/mol. The van der Waals surface area contributed by atoms with E-state index in [1.54, 1.807) is 31.5 Å². The SMILES string of the molecule is CC(C)C[C@H](NC(=O)[C@H](Cc1ccncc1)NC(=O)[C@@H](N)CCc1ccccc1)C(=O)[C@@]1(C)CO1. The molecule has 1 aromatic heterocycles. The molecule has 1 fully saturated rings. The Bertz CT molecular complexity index is 993. The molecule has 188 valence electrons. The van der Waals surface area contributed by atoms with Crippen LogP contribution in [0.1, 0.15) is 44.7 Å². The first-order chi connectivity index (χ1) is 16.7. The summed E-state index contributed by atoms with van der Waals surface area (Å²) >= 11 is 0. The van der Waals surface area contributed by atoms with E-state index in [1.165, 1.54) is 0 Å². The maximum atomic E-state index is 13.4. The van der Waals surface area contributed by atoms with Crippen LogP contribution in [0.2, 0.25) is 0 Å². The van der Waals surface area contributed by atoms with Crippen LogP contribution in [0, 0.1) is 5.92 Å². The number of aromatic nitrogens is 1. The number of pyridine rings is 1. The van der Waals surface area contributed by atoms with Crippen molar-refractivity contribution in [2.24, 2.45) is 11.7 Å². The summed E-state index contributed by atoms with van der Waals surface area (Å²) in [5.74, 6) is -0.785. The van der Waals surface area contributed by atoms with Crippen LogP contribution in [0.3, 0.4) is 0 Å². The summed E-state index contributed by atoms with van der Waals surface area (Å²) in [6.07, 6.45) is 5.10. The predicted molar refractivity (Wildman–Crippen MR) is 133 cm³/mol. The van der Waals surface area contributed by atoms with Gasteiger partial charge in [-0.3, -0.25) is 19.4 Å². The summed E-state index contributed by atoms with van der Waals surface area (Å²) in [5.41, 5.74) is 7.24. The predicted octanol–water partition coefficient (Wildman–Crippen LogP) is 1.96. The number of carbonyl (C=O) groups excluding carboxylic acids is 3. The topological polar surface area (TPSA) is 127 Å². The Hall–Kier alpha value is -3.10. The molecule has 0 aliphatic carbocycles. The first kappa shape index (κ1) is 26.5. The zero-order valence-corrected chi connectivity index (χ0v) is 20.7. The highest BCUT2D eigenvalue weighted by atomic mass is 16.6. The lowest BCUT2D eigenvalue weighted by atomic mass is 9.93. The molecule has 2 amide bonds. The van der Waals surface area contributed by atoms with Crippen LogP contribution in [-0.4, -0.2) is 52.9 Å². The Morgan fingerprint density at radius 3 is 2.23 bits per heavy atom. The molecule has 2 heterocycles. The Labute approximate surface area is 207 Å². The summed E-state index contributed by atoms with van der Waals surface area (Å²) in [7, 11) is 0. The van der Waals surface area contributed by atoms with Crippen LogP contribution in [0.4, 0.5) is 0 Å². The van der Waals surface area contributed by atoms with Gasteiger partial charge in [0.05, 0.1) is 18.7 Å². The molecule has 0 radical (unpaired) electrons. The molecule has 1 aromatic carbocycles. The van der Waals surface area contributed by atoms with Gasteiger partial charge in [0.25, 0.3) is 0 Å². The van der Waals surface area contributed by atoms with Gasteiger partial charge in [0.15, 0.2) is 5.78 Å². The largest absolute Gasteiger partial charge is 0.361 e. The third-order valence-corrected chi connectivity index (χ3v) is 6.18. The number of hydrogen-bond acceptors (Lipinski definition) is 6. The van der Waals surface area contributed by atoms with Gasteiger partial charge < -0.3 is 21.1 Å². The summed E-state index contributed by atoms with van der Waals surface area (Å²) < 4.78 is 5.32. The van der Waals surface area contributed by atoms with Crippen molar-refractivity contribution in [3.05, 3.63) is 66.0 Å². The molecule has 35 heavy (non-hydrogen) atoms. The van der Waals surface area contributed by atoms with E-state index in [4.69, 9.17) is 10.5 Å². The molecule has 4 N–H and O–H groups in total. The van der Waals surface area contributed by atoms with E-state index in [0.29, 0.717) is 25.9 Å². The van der Waals surface area contributed by atoms with Crippen molar-refractivity contribution in [3.8, 4) is 0 Å². The van der Waals surface area contributed by atoms with E-state index >= 15 is 0 Å². The fourth-order valence-corrected chi connectivity index (χ4v) is 3.93. The average molecular weight is 481 g/mol. The quantitative estimate of drug-likeness (QED) is 0.376. The fraction of sp³-hybridized carbons (Fsp3) is 0.481. The Balaban J connectivity index is 1.69. The number of ketones is 1. The van der Waals surface area contributed by atoms with Crippen molar-refractivity contribution < 1.29 is 19.1 Å². The Morgan fingerprint density at radius 1 is 1.00 bits per heavy atom. The first-order valence-electron chi connectivity index (χ1n) is 12.2. The number of aryl methyl sites for hydroxylation is 1. The second kappa shape index (κ2) is 12.0. The van der Waals surface area contributed by atoms with Crippen LogP contribution >= 0.6 is 0 Å². The van der Waals surface area contributed by atoms with Crippen LogP contribution in [0.15, 0.2) is 54.9 Å². The number of ether oxygens (including phenoxy) is 1. The molecule has 1 aliphatic heterocycles. The molecule has 1 saturated heterocycles. The van der Waals surface area contributed by atoms with Crippen molar-refractivity contribution in [2.45, 2.75) is 70.2 Å². The van der Waals surface area contributed by atoms with Gasteiger partial charge >= 0.3 is 0 Å². The molecular formula is C27H36N4O4. The third kappa shape index (κ3) is 7.97. The molecule has 0 spiro atoms. The summed E-state index contributed by atoms with van der Waals surface area (Å²) in [6, 6.07) is 11.0. The van der Waals surface area contributed by atoms with Gasteiger partial charge in [-0.15, -0.1) is 0 Å². The van der Waals surface area contributed by atoms with Crippen molar-refractivity contribution in [2.75, 3.05) is 6.61 Å². The van der Waals surface area contributed by atoms with Gasteiger partial charge in [-0.05, 0) is 55.4 Å². The number of benzene rings is 1. The van der Waals surface area contributed by atoms with Gasteiger partial charge in [-0.25, -0.2) is 0 Å². The van der Waals surface area contributed by atoms with Crippen LogP contribution in [0.25, 0.3) is 0 Å². The molecule has 0 saturated carbocycles. The first-order valence-corrected chi connectivity index (χ1v) is 12.2. The van der Waals surface area contributed by atoms with Crippen molar-refractivity contribution in [3.63, 3.8) is 0 Å². The van der Waals surface area contributed by atoms with Crippen molar-refractivity contribution >= 4 is 17.6 Å². The molecule has 3 rings (SSSR count). The van der Waals surface area contributed by atoms with Crippen molar-refractivity contribution in [1.29, 1.82) is 0 Å². The molecule has 2 aromatic rings. The lowest BCUT2D eigenvalue weighted by Gasteiger charge is -2.26. The molecule has 0 bridgehead atoms. The van der Waals surface area contributed by atoms with E-state index in [2.05, 4.69) is 15.6 Å². The van der Waals surface area contributed by atoms with E-state index in [1.807, 2.05) is 44.2 Å². The summed E-state index contributed by atoms with van der Waals surface area (Å²) in [5, 5.41) is 5.69. The zero-order chi connectivity index (χ0) is 25.4. The lowest BCUT2D eigenvalue weighted by Crippen LogP contribution is -2.56. The minimum atomic E-state index is -0.886. The number of nitrogens with two attached hydrogens (primary N) is 1. The van der Waals surface area contributed by atoms with Crippen LogP contribution in [0.5, 0.6) is 0 Å². The molecule has 0 unspecified atom stereocenters. The number of epoxide rings is 1. The van der Waals surface area contributed by atoms with Gasteiger partial charge in [0.2, 0.25) is 11.8 Å². The number of hydrogen-bond donors (Lipinski definition) is 3. The third-order valence-electron chi connectivity index (χ3n) is 6.18. The second-order valence-electron chi connectivity index (χ2n) is 9.83. The fourth-order valence-electron chi connectivity index (χ4n) is 3.93. The highest BCUT2D eigenvalue weighted by molar-refractivity contribution is 5.98. The lowest BCUT2D eigenvalue weighted by molar-refractivity contribution is -0.133. The van der Waals surface area contributed by atoms with Gasteiger partial charge in [0, 0.05) is 18.8 Å². The van der Waals surface area contributed by atoms with Gasteiger partial charge in [-0.1, -0.05) is 44.2 Å². The number of carbonyl (C=O) groups is 3. The van der Waals surface area contributed by atoms with E-state index in [-0.39, 0.29) is 18.1 Å². The maximum Gasteiger partial charge on any atom is 0.243 e. The standard InChI is InChI=1S/C27H36N4O4/c1-18(2)15-22(24(32)27(3)17-35-27)30-26(34)23(16-20-11-13-29-14-12-20)31-25(33)21(28)10-9-19-7-5-4-6-8-19/h4-8,11-14,18,21-23H,9-10,15-17,28H2,1-3H3,(H,30,34)(H,31,33)/t21-,22-,23-,27+/m0/s1. The molecular weight excluding hydrogens is 444 g/mol. The van der Waals surface area contributed by atoms with Crippen molar-refractivity contribution in [1.82, 2.24) is 15.6 Å². The molecule has 8 heteroatoms. The Morgan fingerprint density at radius 2 is 1.63 bits per heavy atom. The van der Waals surface area contributed by atoms with E-state index in [0.717, 1.165) is 11.1 Å². The maximum absolute atomic E-state index is 13.4. The smallest absolute Gasteiger partial charge is 0.243 e. The average Bonchev–Trinajstić information content (AvgIpc) is 3.60. The van der Waals surface area contributed by atoms with Crippen LogP contribution in [-0.2, 0) is 32.0 Å². The highest BCUT2D eigenvalue weighted by Gasteiger charge is 2.50. The number of amides is 2. The molecule has 1 aliphatic rings. The minimum Gasteiger partial charge on any atom is -0.361 e. The number of Topliss-reactive ketones (excluding diaryl/α,β-unsaturated/α-hetero) is 1. The second-order valence-corrected chi connectivity index (χ2v) is 9.83. The molecule has 8 nitrogen and oxygen atoms in total. The summed E-state index contributed by atoms with van der Waals surface area (Å²) in [6.45, 7) is 6.07. The van der Waals surface area contributed by atoms with E-state index < -0.39 is 35.5 Å². The normalized spacial score (nSPS) is 19.5. The van der Waals surface area contributed by atoms with E-state index in [9.17, 15) is 14.4 Å². The highest BCUT2D eigenvalue weighted by Crippen LogP contribution is 2.29. The minimum absolute atomic E-state index is 0.145. The van der Waals surface area contributed by atoms with Crippen LogP contribution < -0.4 is 16.4 Å².